The van der Waals surface area contributed by atoms with Gasteiger partial charge in [-0.2, -0.15) is 5.10 Å². The van der Waals surface area contributed by atoms with Gasteiger partial charge in [0.2, 0.25) is 0 Å². The molecule has 0 unspecified atom stereocenters. The van der Waals surface area contributed by atoms with Gasteiger partial charge in [-0.3, -0.25) is 9.48 Å². The van der Waals surface area contributed by atoms with Crippen molar-refractivity contribution in [1.29, 1.82) is 0 Å². The minimum atomic E-state index is -0.0160. The lowest BCUT2D eigenvalue weighted by atomic mass is 10.1. The summed E-state index contributed by atoms with van der Waals surface area (Å²) in [5.74, 6) is 0.560. The third-order valence-corrected chi connectivity index (χ3v) is 4.11. The Morgan fingerprint density at radius 2 is 2.26 bits per heavy atom. The normalized spacial score (nSPS) is 19.5. The van der Waals surface area contributed by atoms with Crippen LogP contribution in [0.3, 0.4) is 0 Å². The molecule has 0 radical (unpaired) electrons. The highest BCUT2D eigenvalue weighted by Crippen LogP contribution is 2.28. The fraction of sp³-hybridized carbons (Fsp3) is 0.692. The maximum absolute atomic E-state index is 12.6. The number of hydrogen-bond acceptors (Lipinski definition) is 3. The molecule has 5 nitrogen and oxygen atoms in total. The monoisotopic (exact) mass is 284 g/mol. The van der Waals surface area contributed by atoms with E-state index in [0.29, 0.717) is 23.2 Å². The molecule has 1 aromatic rings. The van der Waals surface area contributed by atoms with Crippen molar-refractivity contribution in [2.24, 2.45) is 18.7 Å². The van der Waals surface area contributed by atoms with Crippen LogP contribution >= 0.6 is 11.6 Å². The van der Waals surface area contributed by atoms with Gasteiger partial charge in [-0.15, -0.1) is 0 Å². The molecule has 2 N–H and O–H groups in total. The van der Waals surface area contributed by atoms with Crippen LogP contribution in [0, 0.1) is 5.92 Å². The summed E-state index contributed by atoms with van der Waals surface area (Å²) in [6.45, 7) is 6.13. The molecule has 1 amide bonds. The van der Waals surface area contributed by atoms with E-state index in [1.165, 1.54) is 0 Å². The molecular weight excluding hydrogens is 264 g/mol. The largest absolute Gasteiger partial charge is 0.338 e. The van der Waals surface area contributed by atoms with Crippen molar-refractivity contribution in [3.63, 3.8) is 0 Å². The van der Waals surface area contributed by atoms with E-state index in [1.807, 2.05) is 18.7 Å². The second kappa shape index (κ2) is 5.51. The molecule has 6 heteroatoms. The third-order valence-electron chi connectivity index (χ3n) is 3.67. The summed E-state index contributed by atoms with van der Waals surface area (Å²) in [5, 5.41) is 4.78. The number of rotatable bonds is 3. The number of halogens is 1. The second-order valence-corrected chi connectivity index (χ2v) is 5.83. The van der Waals surface area contributed by atoms with Gasteiger partial charge in [-0.1, -0.05) is 25.4 Å². The predicted octanol–water partition coefficient (Wildman–Crippen LogP) is 1.62. The van der Waals surface area contributed by atoms with E-state index in [2.05, 4.69) is 5.10 Å². The summed E-state index contributed by atoms with van der Waals surface area (Å²) < 4.78 is 1.57. The molecule has 0 aromatic carbocycles. The first kappa shape index (κ1) is 14.3. The van der Waals surface area contributed by atoms with Gasteiger partial charge in [0.25, 0.3) is 5.91 Å². The number of nitrogens with two attached hydrogens (primary N) is 1. The molecule has 1 aliphatic rings. The summed E-state index contributed by atoms with van der Waals surface area (Å²) in [6, 6.07) is 0. The van der Waals surface area contributed by atoms with Crippen molar-refractivity contribution in [3.8, 4) is 0 Å². The number of likely N-dealkylation sites (tertiary alicyclic amines) is 1. The standard InChI is InChI=1S/C13H21ClN4O/c1-8(2)11-10(12(14)17(3)16-11)13(19)18-5-4-9(6-15)7-18/h8-9H,4-7,15H2,1-3H3/t9-/m1/s1. The van der Waals surface area contributed by atoms with E-state index in [9.17, 15) is 4.79 Å². The number of nitrogens with zero attached hydrogens (tertiary/aromatic N) is 3. The van der Waals surface area contributed by atoms with Crippen LogP contribution in [0.25, 0.3) is 0 Å². The van der Waals surface area contributed by atoms with Crippen LogP contribution in [-0.2, 0) is 7.05 Å². The number of hydrogen-bond donors (Lipinski definition) is 1. The summed E-state index contributed by atoms with van der Waals surface area (Å²) in [5.41, 5.74) is 6.99. The smallest absolute Gasteiger partial charge is 0.258 e. The van der Waals surface area contributed by atoms with E-state index in [-0.39, 0.29) is 11.8 Å². The van der Waals surface area contributed by atoms with Crippen molar-refractivity contribution in [3.05, 3.63) is 16.4 Å². The van der Waals surface area contributed by atoms with Gasteiger partial charge in [-0.05, 0) is 24.8 Å². The zero-order chi connectivity index (χ0) is 14.2. The molecule has 1 aromatic heterocycles. The van der Waals surface area contributed by atoms with Crippen molar-refractivity contribution >= 4 is 17.5 Å². The highest BCUT2D eigenvalue weighted by Gasteiger charge is 2.31. The number of carbonyl (C=O) groups is 1. The number of carbonyl (C=O) groups excluding carboxylic acids is 1. The summed E-state index contributed by atoms with van der Waals surface area (Å²) >= 11 is 6.23. The Labute approximate surface area is 118 Å². The van der Waals surface area contributed by atoms with Crippen LogP contribution in [0.2, 0.25) is 5.15 Å². The topological polar surface area (TPSA) is 64.2 Å². The van der Waals surface area contributed by atoms with E-state index in [4.69, 9.17) is 17.3 Å². The number of aryl methyl sites for hydroxylation is 1. The minimum absolute atomic E-state index is 0.0160. The minimum Gasteiger partial charge on any atom is -0.338 e. The van der Waals surface area contributed by atoms with Crippen LogP contribution in [0.1, 0.15) is 42.2 Å². The van der Waals surface area contributed by atoms with Crippen molar-refractivity contribution in [1.82, 2.24) is 14.7 Å². The maximum Gasteiger partial charge on any atom is 0.258 e. The summed E-state index contributed by atoms with van der Waals surface area (Å²) in [6.07, 6.45) is 0.969. The molecule has 1 atom stereocenters. The molecule has 1 fully saturated rings. The van der Waals surface area contributed by atoms with Crippen molar-refractivity contribution in [2.75, 3.05) is 19.6 Å². The lowest BCUT2D eigenvalue weighted by molar-refractivity contribution is 0.0786. The van der Waals surface area contributed by atoms with Crippen LogP contribution in [0.5, 0.6) is 0 Å². The predicted molar refractivity (Wildman–Crippen MR) is 75.4 cm³/mol. The Morgan fingerprint density at radius 3 is 2.79 bits per heavy atom. The molecule has 2 heterocycles. The quantitative estimate of drug-likeness (QED) is 0.917. The fourth-order valence-corrected chi connectivity index (χ4v) is 2.71. The molecule has 19 heavy (non-hydrogen) atoms. The highest BCUT2D eigenvalue weighted by atomic mass is 35.5. The molecule has 1 saturated heterocycles. The SMILES string of the molecule is CC(C)c1nn(C)c(Cl)c1C(=O)N1CC[C@H](CN)C1. The van der Waals surface area contributed by atoms with Gasteiger partial charge in [0.1, 0.15) is 5.15 Å². The Bertz CT molecular complexity index is 483. The molecule has 1 aliphatic heterocycles. The van der Waals surface area contributed by atoms with Gasteiger partial charge in [0.05, 0.1) is 11.3 Å². The van der Waals surface area contributed by atoms with Crippen molar-refractivity contribution in [2.45, 2.75) is 26.2 Å². The summed E-state index contributed by atoms with van der Waals surface area (Å²) in [7, 11) is 1.76. The number of aromatic nitrogens is 2. The van der Waals surface area contributed by atoms with Crippen LogP contribution in [0.15, 0.2) is 0 Å². The number of amides is 1. The van der Waals surface area contributed by atoms with Gasteiger partial charge in [-0.25, -0.2) is 0 Å². The van der Waals surface area contributed by atoms with Crippen LogP contribution in [-0.4, -0.2) is 40.2 Å². The molecule has 0 bridgehead atoms. The molecule has 0 saturated carbocycles. The first-order valence-electron chi connectivity index (χ1n) is 6.67. The van der Waals surface area contributed by atoms with E-state index in [1.54, 1.807) is 11.7 Å². The Morgan fingerprint density at radius 1 is 1.58 bits per heavy atom. The first-order chi connectivity index (χ1) is 8.95. The van der Waals surface area contributed by atoms with Crippen LogP contribution < -0.4 is 5.73 Å². The lowest BCUT2D eigenvalue weighted by Crippen LogP contribution is -2.30. The molecule has 2 rings (SSSR count). The van der Waals surface area contributed by atoms with Gasteiger partial charge in [0.15, 0.2) is 0 Å². The zero-order valence-electron chi connectivity index (χ0n) is 11.7. The Balaban J connectivity index is 2.29. The van der Waals surface area contributed by atoms with Gasteiger partial charge in [0, 0.05) is 20.1 Å². The van der Waals surface area contributed by atoms with Crippen LogP contribution in [0.4, 0.5) is 0 Å². The van der Waals surface area contributed by atoms with Gasteiger partial charge >= 0.3 is 0 Å². The highest BCUT2D eigenvalue weighted by molar-refractivity contribution is 6.33. The third kappa shape index (κ3) is 2.62. The summed E-state index contributed by atoms with van der Waals surface area (Å²) in [4.78, 5) is 14.5. The van der Waals surface area contributed by atoms with E-state index in [0.717, 1.165) is 25.2 Å². The lowest BCUT2D eigenvalue weighted by Gasteiger charge is -2.17. The van der Waals surface area contributed by atoms with Crippen molar-refractivity contribution < 1.29 is 4.79 Å². The Kier molecular flexibility index (Phi) is 4.16. The first-order valence-corrected chi connectivity index (χ1v) is 7.05. The second-order valence-electron chi connectivity index (χ2n) is 5.47. The van der Waals surface area contributed by atoms with E-state index < -0.39 is 0 Å². The van der Waals surface area contributed by atoms with E-state index >= 15 is 0 Å². The molecule has 0 aliphatic carbocycles. The maximum atomic E-state index is 12.6. The average molecular weight is 285 g/mol. The Hall–Kier alpha value is -1.07. The molecule has 106 valence electrons. The fourth-order valence-electron chi connectivity index (χ4n) is 2.49. The van der Waals surface area contributed by atoms with Gasteiger partial charge < -0.3 is 10.6 Å². The average Bonchev–Trinajstić information content (AvgIpc) is 2.95. The zero-order valence-corrected chi connectivity index (χ0v) is 12.4. The molecule has 0 spiro atoms. The molecular formula is C13H21ClN4O.